The zero-order valence-corrected chi connectivity index (χ0v) is 14.9. The molecule has 2 aromatic carbocycles. The number of benzene rings is 2. The Morgan fingerprint density at radius 3 is 2.31 bits per heavy atom. The van der Waals surface area contributed by atoms with Crippen LogP contribution in [0, 0.1) is 0 Å². The highest BCUT2D eigenvalue weighted by Crippen LogP contribution is 2.32. The van der Waals surface area contributed by atoms with Gasteiger partial charge in [-0.1, -0.05) is 36.4 Å². The SMILES string of the molecule is O=C(Nc1cccc2c1C(=O)c1ccccc1C2=O)c1cncc(Br)c1. The van der Waals surface area contributed by atoms with Gasteiger partial charge in [-0.2, -0.15) is 0 Å². The van der Waals surface area contributed by atoms with Crippen molar-refractivity contribution in [2.45, 2.75) is 0 Å². The van der Waals surface area contributed by atoms with Crippen molar-refractivity contribution in [3.63, 3.8) is 0 Å². The molecule has 1 aliphatic rings. The summed E-state index contributed by atoms with van der Waals surface area (Å²) < 4.78 is 0.667. The van der Waals surface area contributed by atoms with Crippen LogP contribution in [-0.2, 0) is 0 Å². The van der Waals surface area contributed by atoms with E-state index in [1.54, 1.807) is 54.7 Å². The molecule has 4 rings (SSSR count). The summed E-state index contributed by atoms with van der Waals surface area (Å²) in [7, 11) is 0. The van der Waals surface area contributed by atoms with Crippen LogP contribution in [0.4, 0.5) is 5.69 Å². The molecule has 1 aromatic heterocycles. The predicted molar refractivity (Wildman–Crippen MR) is 99.6 cm³/mol. The van der Waals surface area contributed by atoms with Crippen molar-refractivity contribution >= 4 is 39.1 Å². The number of rotatable bonds is 2. The van der Waals surface area contributed by atoms with Gasteiger partial charge < -0.3 is 5.32 Å². The van der Waals surface area contributed by atoms with Crippen molar-refractivity contribution in [1.82, 2.24) is 4.98 Å². The number of carbonyl (C=O) groups is 3. The number of amides is 1. The van der Waals surface area contributed by atoms with Gasteiger partial charge in [-0.3, -0.25) is 19.4 Å². The summed E-state index contributed by atoms with van der Waals surface area (Å²) in [5, 5.41) is 2.72. The average Bonchev–Trinajstić information content (AvgIpc) is 2.66. The zero-order valence-electron chi connectivity index (χ0n) is 13.3. The summed E-state index contributed by atoms with van der Waals surface area (Å²) in [5.41, 5.74) is 1.87. The van der Waals surface area contributed by atoms with E-state index in [0.29, 0.717) is 32.4 Å². The molecule has 3 aromatic rings. The van der Waals surface area contributed by atoms with Crippen LogP contribution in [0.2, 0.25) is 0 Å². The van der Waals surface area contributed by atoms with Gasteiger partial charge in [0, 0.05) is 33.6 Å². The Labute approximate surface area is 157 Å². The minimum Gasteiger partial charge on any atom is -0.321 e. The van der Waals surface area contributed by atoms with E-state index < -0.39 is 5.91 Å². The third-order valence-electron chi connectivity index (χ3n) is 4.17. The first-order valence-electron chi connectivity index (χ1n) is 7.79. The Bertz CT molecular complexity index is 1090. The summed E-state index contributed by atoms with van der Waals surface area (Å²) in [4.78, 5) is 42.1. The Balaban J connectivity index is 1.78. The number of ketones is 2. The maximum Gasteiger partial charge on any atom is 0.257 e. The van der Waals surface area contributed by atoms with Gasteiger partial charge in [0.15, 0.2) is 11.6 Å². The quantitative estimate of drug-likeness (QED) is 0.548. The van der Waals surface area contributed by atoms with Crippen molar-refractivity contribution < 1.29 is 14.4 Å². The monoisotopic (exact) mass is 406 g/mol. The molecule has 1 amide bonds. The number of hydrogen-bond donors (Lipinski definition) is 1. The van der Waals surface area contributed by atoms with Crippen molar-refractivity contribution in [1.29, 1.82) is 0 Å². The average molecular weight is 407 g/mol. The maximum atomic E-state index is 12.9. The molecule has 1 aliphatic carbocycles. The van der Waals surface area contributed by atoms with Crippen LogP contribution in [0.15, 0.2) is 65.4 Å². The lowest BCUT2D eigenvalue weighted by molar-refractivity contribution is 0.0978. The fourth-order valence-electron chi connectivity index (χ4n) is 2.98. The van der Waals surface area contributed by atoms with Crippen LogP contribution in [0.1, 0.15) is 42.2 Å². The van der Waals surface area contributed by atoms with E-state index in [2.05, 4.69) is 26.2 Å². The molecule has 26 heavy (non-hydrogen) atoms. The lowest BCUT2D eigenvalue weighted by atomic mass is 9.83. The fourth-order valence-corrected chi connectivity index (χ4v) is 3.34. The third kappa shape index (κ3) is 2.64. The Morgan fingerprint density at radius 1 is 0.885 bits per heavy atom. The van der Waals surface area contributed by atoms with Crippen LogP contribution >= 0.6 is 15.9 Å². The number of aromatic nitrogens is 1. The maximum absolute atomic E-state index is 12.9. The first-order chi connectivity index (χ1) is 12.6. The highest BCUT2D eigenvalue weighted by atomic mass is 79.9. The number of fused-ring (bicyclic) bond motifs is 2. The first-order valence-corrected chi connectivity index (χ1v) is 8.59. The molecule has 0 radical (unpaired) electrons. The van der Waals surface area contributed by atoms with E-state index in [9.17, 15) is 14.4 Å². The molecule has 1 heterocycles. The molecule has 126 valence electrons. The number of pyridine rings is 1. The van der Waals surface area contributed by atoms with Gasteiger partial charge in [-0.25, -0.2) is 0 Å². The van der Waals surface area contributed by atoms with Crippen LogP contribution in [0.3, 0.4) is 0 Å². The van der Waals surface area contributed by atoms with Crippen molar-refractivity contribution in [2.75, 3.05) is 5.32 Å². The summed E-state index contributed by atoms with van der Waals surface area (Å²) in [6.07, 6.45) is 3.00. The van der Waals surface area contributed by atoms with Gasteiger partial charge in [-0.05, 0) is 28.1 Å². The number of anilines is 1. The normalized spacial score (nSPS) is 12.3. The van der Waals surface area contributed by atoms with E-state index in [4.69, 9.17) is 0 Å². The fraction of sp³-hybridized carbons (Fsp3) is 0. The van der Waals surface area contributed by atoms with Gasteiger partial charge in [0.25, 0.3) is 5.91 Å². The molecule has 1 N–H and O–H groups in total. The summed E-state index contributed by atoms with van der Waals surface area (Å²) in [6.45, 7) is 0. The van der Waals surface area contributed by atoms with Gasteiger partial charge in [-0.15, -0.1) is 0 Å². The van der Waals surface area contributed by atoms with Crippen molar-refractivity contribution in [3.8, 4) is 0 Å². The third-order valence-corrected chi connectivity index (χ3v) is 4.60. The topological polar surface area (TPSA) is 76.1 Å². The summed E-state index contributed by atoms with van der Waals surface area (Å²) >= 11 is 3.27. The van der Waals surface area contributed by atoms with Crippen LogP contribution in [0.5, 0.6) is 0 Å². The number of nitrogens with one attached hydrogen (secondary N) is 1. The molecule has 6 heteroatoms. The van der Waals surface area contributed by atoms with Crippen LogP contribution in [-0.4, -0.2) is 22.5 Å². The molecule has 0 spiro atoms. The Hall–Kier alpha value is -3.12. The van der Waals surface area contributed by atoms with E-state index in [-0.39, 0.29) is 17.1 Å². The summed E-state index contributed by atoms with van der Waals surface area (Å²) in [5.74, 6) is -0.916. The minimum atomic E-state index is -0.411. The minimum absolute atomic E-state index is 0.215. The molecule has 0 saturated carbocycles. The second-order valence-corrected chi connectivity index (χ2v) is 6.69. The highest BCUT2D eigenvalue weighted by Gasteiger charge is 2.31. The van der Waals surface area contributed by atoms with Crippen molar-refractivity contribution in [2.24, 2.45) is 0 Å². The number of halogens is 1. The largest absolute Gasteiger partial charge is 0.321 e. The van der Waals surface area contributed by atoms with Crippen LogP contribution in [0.25, 0.3) is 0 Å². The van der Waals surface area contributed by atoms with Gasteiger partial charge in [0.05, 0.1) is 16.8 Å². The lowest BCUT2D eigenvalue weighted by Crippen LogP contribution is -2.24. The second-order valence-electron chi connectivity index (χ2n) is 5.78. The molecule has 0 unspecified atom stereocenters. The molecule has 0 saturated heterocycles. The van der Waals surface area contributed by atoms with Gasteiger partial charge >= 0.3 is 0 Å². The summed E-state index contributed by atoms with van der Waals surface area (Å²) in [6, 6.07) is 13.2. The molecule has 5 nitrogen and oxygen atoms in total. The Kier molecular flexibility index (Phi) is 3.97. The van der Waals surface area contributed by atoms with Gasteiger partial charge in [0.1, 0.15) is 0 Å². The number of carbonyl (C=O) groups excluding carboxylic acids is 3. The molecule has 0 aliphatic heterocycles. The van der Waals surface area contributed by atoms with E-state index in [1.165, 1.54) is 6.20 Å². The zero-order chi connectivity index (χ0) is 18.3. The molecule has 0 fully saturated rings. The van der Waals surface area contributed by atoms with Crippen molar-refractivity contribution in [3.05, 3.63) is 93.2 Å². The molecular weight excluding hydrogens is 396 g/mol. The van der Waals surface area contributed by atoms with Crippen LogP contribution < -0.4 is 5.32 Å². The smallest absolute Gasteiger partial charge is 0.257 e. The van der Waals surface area contributed by atoms with E-state index in [0.717, 1.165) is 0 Å². The molecule has 0 atom stereocenters. The second kappa shape index (κ2) is 6.31. The Morgan fingerprint density at radius 2 is 1.58 bits per heavy atom. The van der Waals surface area contributed by atoms with E-state index >= 15 is 0 Å². The van der Waals surface area contributed by atoms with Gasteiger partial charge in [0.2, 0.25) is 0 Å². The standard InChI is InChI=1S/C20H11BrN2O3/c21-12-8-11(9-22-10-12)20(26)23-16-7-3-6-15-17(16)19(25)14-5-2-1-4-13(14)18(15)24/h1-10H,(H,23,26). The first kappa shape index (κ1) is 16.4. The molecule has 0 bridgehead atoms. The highest BCUT2D eigenvalue weighted by molar-refractivity contribution is 9.10. The number of hydrogen-bond acceptors (Lipinski definition) is 4. The van der Waals surface area contributed by atoms with E-state index in [1.807, 2.05) is 0 Å². The lowest BCUT2D eigenvalue weighted by Gasteiger charge is -2.20. The molecular formula is C20H11BrN2O3. The predicted octanol–water partition coefficient (Wildman–Crippen LogP) is 3.87. The number of nitrogens with zero attached hydrogens (tertiary/aromatic N) is 1.